The number of nitrogens with zero attached hydrogens (tertiary/aromatic N) is 5. The highest BCUT2D eigenvalue weighted by Crippen LogP contribution is 2.19. The molecule has 1 fully saturated rings. The predicted octanol–water partition coefficient (Wildman–Crippen LogP) is 1.79. The van der Waals surface area contributed by atoms with Crippen molar-refractivity contribution in [2.24, 2.45) is 12.8 Å². The van der Waals surface area contributed by atoms with Crippen LogP contribution in [-0.4, -0.2) is 45.1 Å². The molecule has 2 heterocycles. The molecule has 35 heavy (non-hydrogen) atoms. The summed E-state index contributed by atoms with van der Waals surface area (Å²) in [5.74, 6) is 0. The van der Waals surface area contributed by atoms with Gasteiger partial charge in [-0.05, 0) is 18.1 Å². The van der Waals surface area contributed by atoms with Crippen molar-refractivity contribution in [3.63, 3.8) is 0 Å². The molecule has 184 valence electrons. The van der Waals surface area contributed by atoms with Crippen LogP contribution < -0.4 is 21.9 Å². The van der Waals surface area contributed by atoms with E-state index in [9.17, 15) is 19.7 Å². The van der Waals surface area contributed by atoms with Gasteiger partial charge in [-0.2, -0.15) is 0 Å². The first-order valence-corrected chi connectivity index (χ1v) is 11.6. The zero-order valence-electron chi connectivity index (χ0n) is 20.0. The van der Waals surface area contributed by atoms with Crippen LogP contribution in [-0.2, 0) is 20.1 Å². The summed E-state index contributed by atoms with van der Waals surface area (Å²) in [6.45, 7) is 5.06. The third-order valence-electron chi connectivity index (χ3n) is 6.63. The van der Waals surface area contributed by atoms with Crippen molar-refractivity contribution in [2.75, 3.05) is 31.1 Å². The van der Waals surface area contributed by atoms with Crippen LogP contribution in [0, 0.1) is 17.0 Å². The summed E-state index contributed by atoms with van der Waals surface area (Å²) in [6, 6.07) is 15.6. The lowest BCUT2D eigenvalue weighted by Gasteiger charge is -2.36. The van der Waals surface area contributed by atoms with Crippen molar-refractivity contribution in [1.82, 2.24) is 14.0 Å². The minimum atomic E-state index is -0.482. The average Bonchev–Trinajstić information content (AvgIpc) is 2.87. The molecule has 0 amide bonds. The van der Waals surface area contributed by atoms with Gasteiger partial charge in [0.15, 0.2) is 0 Å². The van der Waals surface area contributed by atoms with E-state index < -0.39 is 11.0 Å². The van der Waals surface area contributed by atoms with Gasteiger partial charge in [0.05, 0.1) is 11.5 Å². The molecule has 10 nitrogen and oxygen atoms in total. The summed E-state index contributed by atoms with van der Waals surface area (Å²) in [6.07, 6.45) is 0. The number of nitro groups is 1. The van der Waals surface area contributed by atoms with E-state index in [2.05, 4.69) is 4.90 Å². The Hall–Kier alpha value is -3.76. The number of nitro benzene ring substituents is 1. The SMILES string of the molecule is Cc1c(N2CCN(Cc3cccc([N+](=O)[O-])c3)CC2)c(=O)n(C[C@@H](N)c2ccccc2)c(=O)n1C. The van der Waals surface area contributed by atoms with Crippen LogP contribution in [0.3, 0.4) is 0 Å². The monoisotopic (exact) mass is 478 g/mol. The maximum absolute atomic E-state index is 13.5. The Kier molecular flexibility index (Phi) is 7.13. The molecule has 3 aromatic rings. The van der Waals surface area contributed by atoms with Gasteiger partial charge in [-0.1, -0.05) is 42.5 Å². The molecule has 4 rings (SSSR count). The Labute approximate surface area is 203 Å². The van der Waals surface area contributed by atoms with E-state index in [1.807, 2.05) is 41.3 Å². The summed E-state index contributed by atoms with van der Waals surface area (Å²) in [7, 11) is 1.67. The molecule has 1 aromatic heterocycles. The lowest BCUT2D eigenvalue weighted by atomic mass is 10.1. The summed E-state index contributed by atoms with van der Waals surface area (Å²) in [5, 5.41) is 11.1. The summed E-state index contributed by atoms with van der Waals surface area (Å²) < 4.78 is 2.74. The summed E-state index contributed by atoms with van der Waals surface area (Å²) in [5.41, 5.74) is 8.58. The lowest BCUT2D eigenvalue weighted by Crippen LogP contribution is -2.51. The number of aromatic nitrogens is 2. The Morgan fingerprint density at radius 3 is 2.37 bits per heavy atom. The van der Waals surface area contributed by atoms with Crippen LogP contribution >= 0.6 is 0 Å². The van der Waals surface area contributed by atoms with Crippen molar-refractivity contribution >= 4 is 11.4 Å². The zero-order chi connectivity index (χ0) is 25.1. The van der Waals surface area contributed by atoms with E-state index in [1.54, 1.807) is 26.1 Å². The van der Waals surface area contributed by atoms with Crippen molar-refractivity contribution < 1.29 is 4.92 Å². The second-order valence-corrected chi connectivity index (χ2v) is 8.90. The molecule has 0 aliphatic carbocycles. The third-order valence-corrected chi connectivity index (χ3v) is 6.63. The molecule has 2 aromatic carbocycles. The Balaban J connectivity index is 1.52. The molecule has 1 atom stereocenters. The second-order valence-electron chi connectivity index (χ2n) is 8.90. The fraction of sp³-hybridized carbons (Fsp3) is 0.360. The summed E-state index contributed by atoms with van der Waals surface area (Å²) in [4.78, 5) is 41.3. The van der Waals surface area contributed by atoms with Crippen LogP contribution in [0.5, 0.6) is 0 Å². The van der Waals surface area contributed by atoms with Gasteiger partial charge < -0.3 is 10.6 Å². The van der Waals surface area contributed by atoms with Crippen molar-refractivity contribution in [2.45, 2.75) is 26.1 Å². The molecule has 0 bridgehead atoms. The van der Waals surface area contributed by atoms with Gasteiger partial charge in [-0.25, -0.2) is 4.79 Å². The highest BCUT2D eigenvalue weighted by molar-refractivity contribution is 5.49. The predicted molar refractivity (Wildman–Crippen MR) is 135 cm³/mol. The number of hydrogen-bond donors (Lipinski definition) is 1. The van der Waals surface area contributed by atoms with E-state index in [-0.39, 0.29) is 23.5 Å². The average molecular weight is 479 g/mol. The first-order valence-electron chi connectivity index (χ1n) is 11.6. The molecule has 1 saturated heterocycles. The normalized spacial score (nSPS) is 15.2. The molecule has 0 unspecified atom stereocenters. The number of anilines is 1. The molecule has 1 aliphatic rings. The van der Waals surface area contributed by atoms with E-state index >= 15 is 0 Å². The highest BCUT2D eigenvalue weighted by atomic mass is 16.6. The molecule has 0 spiro atoms. The number of rotatable bonds is 7. The molecule has 10 heteroatoms. The largest absolute Gasteiger partial charge is 0.363 e. The van der Waals surface area contributed by atoms with Gasteiger partial charge in [-0.15, -0.1) is 0 Å². The Morgan fingerprint density at radius 1 is 1.03 bits per heavy atom. The Morgan fingerprint density at radius 2 is 1.71 bits per heavy atom. The van der Waals surface area contributed by atoms with E-state index in [4.69, 9.17) is 5.73 Å². The number of hydrogen-bond acceptors (Lipinski definition) is 7. The second kappa shape index (κ2) is 10.2. The minimum absolute atomic E-state index is 0.0798. The smallest absolute Gasteiger partial charge is 0.331 e. The van der Waals surface area contributed by atoms with Gasteiger partial charge in [0.25, 0.3) is 11.2 Å². The van der Waals surface area contributed by atoms with E-state index in [0.717, 1.165) is 11.1 Å². The lowest BCUT2D eigenvalue weighted by molar-refractivity contribution is -0.384. The number of benzene rings is 2. The molecule has 0 radical (unpaired) electrons. The van der Waals surface area contributed by atoms with Crippen LogP contribution in [0.2, 0.25) is 0 Å². The number of nitrogens with two attached hydrogens (primary N) is 1. The van der Waals surface area contributed by atoms with Gasteiger partial charge in [0.2, 0.25) is 0 Å². The summed E-state index contributed by atoms with van der Waals surface area (Å²) >= 11 is 0. The first-order chi connectivity index (χ1) is 16.8. The van der Waals surface area contributed by atoms with Crippen molar-refractivity contribution in [3.8, 4) is 0 Å². The maximum Gasteiger partial charge on any atom is 0.331 e. The minimum Gasteiger partial charge on any atom is -0.363 e. The number of non-ortho nitro benzene ring substituents is 1. The fourth-order valence-electron chi connectivity index (χ4n) is 4.54. The first kappa shape index (κ1) is 24.4. The van der Waals surface area contributed by atoms with E-state index in [0.29, 0.717) is 44.1 Å². The quantitative estimate of drug-likeness (QED) is 0.406. The topological polar surface area (TPSA) is 120 Å². The molecule has 0 saturated carbocycles. The number of piperazine rings is 1. The zero-order valence-corrected chi connectivity index (χ0v) is 20.0. The van der Waals surface area contributed by atoms with Gasteiger partial charge in [-0.3, -0.25) is 28.9 Å². The van der Waals surface area contributed by atoms with Crippen LogP contribution in [0.4, 0.5) is 11.4 Å². The molecule has 1 aliphatic heterocycles. The molecular weight excluding hydrogens is 448 g/mol. The van der Waals surface area contributed by atoms with Crippen LogP contribution in [0.15, 0.2) is 64.2 Å². The van der Waals surface area contributed by atoms with Crippen LogP contribution in [0.25, 0.3) is 0 Å². The molecule has 2 N–H and O–H groups in total. The molecular formula is C25H30N6O4. The third kappa shape index (κ3) is 5.18. The van der Waals surface area contributed by atoms with Gasteiger partial charge in [0.1, 0.15) is 5.69 Å². The van der Waals surface area contributed by atoms with Gasteiger partial charge in [0, 0.05) is 63.6 Å². The standard InChI is InChI=1S/C25H30N6O4/c1-18-23(24(32)30(25(33)27(18)2)17-22(26)20-8-4-3-5-9-20)29-13-11-28(12-14-29)16-19-7-6-10-21(15-19)31(34)35/h3-10,15,22H,11-14,16-17,26H2,1-2H3/t22-/m1/s1. The van der Waals surface area contributed by atoms with Gasteiger partial charge >= 0.3 is 5.69 Å². The van der Waals surface area contributed by atoms with Crippen molar-refractivity contribution in [3.05, 3.63) is 102 Å². The maximum atomic E-state index is 13.5. The fourth-order valence-corrected chi connectivity index (χ4v) is 4.54. The van der Waals surface area contributed by atoms with Crippen LogP contribution in [0.1, 0.15) is 22.9 Å². The Bertz CT molecular complexity index is 1330. The van der Waals surface area contributed by atoms with Crippen molar-refractivity contribution in [1.29, 1.82) is 0 Å². The van der Waals surface area contributed by atoms with E-state index in [1.165, 1.54) is 15.2 Å². The highest BCUT2D eigenvalue weighted by Gasteiger charge is 2.25.